The van der Waals surface area contributed by atoms with Gasteiger partial charge in [0.1, 0.15) is 0 Å². The highest BCUT2D eigenvalue weighted by atomic mass is 32.2. The molecule has 7 heteroatoms. The molecule has 1 aliphatic rings. The summed E-state index contributed by atoms with van der Waals surface area (Å²) in [7, 11) is -0.556. The van der Waals surface area contributed by atoms with Crippen LogP contribution in [0.25, 0.3) is 0 Å². The van der Waals surface area contributed by atoms with Crippen molar-refractivity contribution in [2.45, 2.75) is 22.6 Å². The normalized spacial score (nSPS) is 15.7. The summed E-state index contributed by atoms with van der Waals surface area (Å²) in [6, 6.07) is 4.77. The van der Waals surface area contributed by atoms with Crippen molar-refractivity contribution in [1.82, 2.24) is 9.21 Å². The first kappa shape index (κ1) is 16.3. The minimum atomic E-state index is -3.53. The number of sulfonamides is 1. The number of benzene rings is 1. The molecule has 1 amide bonds. The summed E-state index contributed by atoms with van der Waals surface area (Å²) in [5.41, 5.74) is 0.479. The number of nitrogens with zero attached hydrogens (tertiary/aromatic N) is 2. The lowest BCUT2D eigenvalue weighted by Crippen LogP contribution is -2.29. The van der Waals surface area contributed by atoms with E-state index in [4.69, 9.17) is 0 Å². The maximum Gasteiger partial charge on any atom is 0.255 e. The van der Waals surface area contributed by atoms with Crippen molar-refractivity contribution < 1.29 is 13.2 Å². The number of likely N-dealkylation sites (tertiary alicyclic amines) is 1. The first-order chi connectivity index (χ1) is 9.87. The van der Waals surface area contributed by atoms with Crippen LogP contribution in [0.1, 0.15) is 23.2 Å². The van der Waals surface area contributed by atoms with Crippen LogP contribution in [0.3, 0.4) is 0 Å². The lowest BCUT2D eigenvalue weighted by atomic mass is 10.2. The third-order valence-corrected chi connectivity index (χ3v) is 6.18. The van der Waals surface area contributed by atoms with Gasteiger partial charge in [0, 0.05) is 32.1 Å². The number of hydrogen-bond acceptors (Lipinski definition) is 4. The molecule has 1 aliphatic heterocycles. The van der Waals surface area contributed by atoms with Crippen molar-refractivity contribution in [2.24, 2.45) is 0 Å². The van der Waals surface area contributed by atoms with Gasteiger partial charge in [-0.2, -0.15) is 0 Å². The molecule has 0 aromatic heterocycles. The predicted molar refractivity (Wildman–Crippen MR) is 84.2 cm³/mol. The van der Waals surface area contributed by atoms with E-state index in [1.807, 2.05) is 6.26 Å². The summed E-state index contributed by atoms with van der Waals surface area (Å²) in [6.45, 7) is 1.49. The molecule has 116 valence electrons. The first-order valence-corrected chi connectivity index (χ1v) is 9.44. The maximum atomic E-state index is 12.6. The zero-order valence-corrected chi connectivity index (χ0v) is 14.1. The van der Waals surface area contributed by atoms with Crippen LogP contribution in [0.15, 0.2) is 28.0 Å². The summed E-state index contributed by atoms with van der Waals surface area (Å²) in [6.07, 6.45) is 3.91. The summed E-state index contributed by atoms with van der Waals surface area (Å²) in [5, 5.41) is 0. The lowest BCUT2D eigenvalue weighted by Gasteiger charge is -2.18. The third-order valence-electron chi connectivity index (χ3n) is 3.57. The Balaban J connectivity index is 2.46. The molecule has 1 aromatic carbocycles. The van der Waals surface area contributed by atoms with Crippen LogP contribution in [-0.2, 0) is 10.0 Å². The zero-order valence-electron chi connectivity index (χ0n) is 12.5. The van der Waals surface area contributed by atoms with Gasteiger partial charge in [-0.05, 0) is 37.3 Å². The van der Waals surface area contributed by atoms with Gasteiger partial charge < -0.3 is 4.90 Å². The fourth-order valence-electron chi connectivity index (χ4n) is 2.32. The van der Waals surface area contributed by atoms with Gasteiger partial charge in [0.05, 0.1) is 10.5 Å². The number of thioether (sulfide) groups is 1. The van der Waals surface area contributed by atoms with Crippen molar-refractivity contribution >= 4 is 27.7 Å². The molecule has 1 heterocycles. The number of hydrogen-bond donors (Lipinski definition) is 0. The van der Waals surface area contributed by atoms with E-state index in [2.05, 4.69) is 0 Å². The quantitative estimate of drug-likeness (QED) is 0.792. The van der Waals surface area contributed by atoms with Crippen LogP contribution in [-0.4, -0.2) is 57.0 Å². The van der Waals surface area contributed by atoms with Gasteiger partial charge in [-0.3, -0.25) is 4.79 Å². The molecule has 2 rings (SSSR count). The Hall–Kier alpha value is -1.05. The molecule has 0 radical (unpaired) electrons. The van der Waals surface area contributed by atoms with E-state index in [-0.39, 0.29) is 10.8 Å². The topological polar surface area (TPSA) is 57.7 Å². The highest BCUT2D eigenvalue weighted by Crippen LogP contribution is 2.27. The van der Waals surface area contributed by atoms with E-state index >= 15 is 0 Å². The van der Waals surface area contributed by atoms with Crippen LogP contribution < -0.4 is 0 Å². The van der Waals surface area contributed by atoms with E-state index in [1.54, 1.807) is 17.0 Å². The first-order valence-electron chi connectivity index (χ1n) is 6.78. The molecule has 0 spiro atoms. The molecule has 0 saturated carbocycles. The average Bonchev–Trinajstić information content (AvgIpc) is 2.99. The number of amides is 1. The van der Waals surface area contributed by atoms with Crippen LogP contribution in [0.5, 0.6) is 0 Å². The van der Waals surface area contributed by atoms with Gasteiger partial charge >= 0.3 is 0 Å². The molecule has 21 heavy (non-hydrogen) atoms. The lowest BCUT2D eigenvalue weighted by molar-refractivity contribution is 0.0789. The van der Waals surface area contributed by atoms with E-state index in [0.717, 1.165) is 35.1 Å². The van der Waals surface area contributed by atoms with E-state index < -0.39 is 10.0 Å². The Bertz CT molecular complexity index is 636. The highest BCUT2D eigenvalue weighted by Gasteiger charge is 2.25. The van der Waals surface area contributed by atoms with E-state index in [9.17, 15) is 13.2 Å². The molecular weight excluding hydrogens is 308 g/mol. The summed E-state index contributed by atoms with van der Waals surface area (Å²) < 4.78 is 25.6. The van der Waals surface area contributed by atoms with Gasteiger partial charge in [0.25, 0.3) is 5.91 Å². The van der Waals surface area contributed by atoms with Crippen LogP contribution in [0.4, 0.5) is 0 Å². The second kappa shape index (κ2) is 6.37. The Morgan fingerprint density at radius 2 is 1.86 bits per heavy atom. The molecule has 1 aromatic rings. The smallest absolute Gasteiger partial charge is 0.255 e. The minimum absolute atomic E-state index is 0.0762. The van der Waals surface area contributed by atoms with Crippen molar-refractivity contribution in [3.63, 3.8) is 0 Å². The van der Waals surface area contributed by atoms with Crippen molar-refractivity contribution in [1.29, 1.82) is 0 Å². The molecule has 0 bridgehead atoms. The summed E-state index contributed by atoms with van der Waals surface area (Å²) in [4.78, 5) is 15.3. The SMILES string of the molecule is CSc1ccc(S(=O)(=O)N(C)C)cc1C(=O)N1CCCC1. The van der Waals surface area contributed by atoms with Crippen molar-refractivity contribution in [3.8, 4) is 0 Å². The molecular formula is C14H20N2O3S2. The molecule has 1 saturated heterocycles. The average molecular weight is 328 g/mol. The van der Waals surface area contributed by atoms with Gasteiger partial charge in [-0.25, -0.2) is 12.7 Å². The highest BCUT2D eigenvalue weighted by molar-refractivity contribution is 7.98. The van der Waals surface area contributed by atoms with E-state index in [0.29, 0.717) is 5.56 Å². The van der Waals surface area contributed by atoms with Crippen LogP contribution in [0.2, 0.25) is 0 Å². The number of carbonyl (C=O) groups excluding carboxylic acids is 1. The molecule has 5 nitrogen and oxygen atoms in total. The van der Waals surface area contributed by atoms with Crippen molar-refractivity contribution in [3.05, 3.63) is 23.8 Å². The zero-order chi connectivity index (χ0) is 15.6. The maximum absolute atomic E-state index is 12.6. The second-order valence-corrected chi connectivity index (χ2v) is 8.15. The van der Waals surface area contributed by atoms with Gasteiger partial charge in [-0.15, -0.1) is 11.8 Å². The molecule has 1 fully saturated rings. The second-order valence-electron chi connectivity index (χ2n) is 5.15. The Morgan fingerprint density at radius 1 is 1.24 bits per heavy atom. The molecule has 0 unspecified atom stereocenters. The third kappa shape index (κ3) is 3.25. The Labute approximate surface area is 130 Å². The Morgan fingerprint density at radius 3 is 2.38 bits per heavy atom. The van der Waals surface area contributed by atoms with Gasteiger partial charge in [0.2, 0.25) is 10.0 Å². The Kier molecular flexibility index (Phi) is 4.95. The van der Waals surface area contributed by atoms with E-state index in [1.165, 1.54) is 31.9 Å². The summed E-state index contributed by atoms with van der Waals surface area (Å²) in [5.74, 6) is -0.0762. The van der Waals surface area contributed by atoms with Gasteiger partial charge in [0.15, 0.2) is 0 Å². The fourth-order valence-corrected chi connectivity index (χ4v) is 3.81. The molecule has 0 aliphatic carbocycles. The fraction of sp³-hybridized carbons (Fsp3) is 0.500. The largest absolute Gasteiger partial charge is 0.339 e. The number of rotatable bonds is 4. The minimum Gasteiger partial charge on any atom is -0.339 e. The van der Waals surface area contributed by atoms with Crippen molar-refractivity contribution in [2.75, 3.05) is 33.4 Å². The standard InChI is InChI=1S/C14H20N2O3S2/c1-15(2)21(18,19)11-6-7-13(20-3)12(10-11)14(17)16-8-4-5-9-16/h6-7,10H,4-5,8-9H2,1-3H3. The van der Waals surface area contributed by atoms with Gasteiger partial charge in [-0.1, -0.05) is 0 Å². The summed E-state index contributed by atoms with van der Waals surface area (Å²) >= 11 is 1.45. The monoisotopic (exact) mass is 328 g/mol. The number of carbonyl (C=O) groups is 1. The predicted octanol–water partition coefficient (Wildman–Crippen LogP) is 1.89. The molecule has 0 atom stereocenters. The van der Waals surface area contributed by atoms with Crippen LogP contribution >= 0.6 is 11.8 Å². The molecule has 0 N–H and O–H groups in total. The van der Waals surface area contributed by atoms with Crippen LogP contribution in [0, 0.1) is 0 Å².